The standard InChI is InChI=1S/C15H18F2N2O2/c1-3-9(13(18)15(20)21-4-2)11-7-19-14-10(11)5-8(16)6-12(14)17/h5-7,9,13,19H,3-4,18H2,1-2H3. The molecule has 2 unspecified atom stereocenters. The van der Waals surface area contributed by atoms with Crippen molar-refractivity contribution in [1.82, 2.24) is 4.98 Å². The van der Waals surface area contributed by atoms with E-state index < -0.39 is 23.6 Å². The van der Waals surface area contributed by atoms with Gasteiger partial charge in [-0.25, -0.2) is 8.78 Å². The van der Waals surface area contributed by atoms with Crippen LogP contribution in [-0.2, 0) is 9.53 Å². The van der Waals surface area contributed by atoms with Gasteiger partial charge in [0, 0.05) is 23.6 Å². The first-order chi connectivity index (χ1) is 9.99. The third-order valence-corrected chi connectivity index (χ3v) is 3.57. The number of aromatic amines is 1. The molecule has 3 N–H and O–H groups in total. The second-order valence-electron chi connectivity index (χ2n) is 4.85. The average Bonchev–Trinajstić information content (AvgIpc) is 2.84. The fourth-order valence-electron chi connectivity index (χ4n) is 2.55. The first-order valence-electron chi connectivity index (χ1n) is 6.87. The van der Waals surface area contributed by atoms with Crippen LogP contribution in [0.2, 0.25) is 0 Å². The molecule has 1 heterocycles. The zero-order valence-corrected chi connectivity index (χ0v) is 12.0. The highest BCUT2D eigenvalue weighted by atomic mass is 19.1. The molecule has 4 nitrogen and oxygen atoms in total. The van der Waals surface area contributed by atoms with Gasteiger partial charge in [0.25, 0.3) is 0 Å². The van der Waals surface area contributed by atoms with Crippen LogP contribution in [0.3, 0.4) is 0 Å². The van der Waals surface area contributed by atoms with E-state index in [1.807, 2.05) is 6.92 Å². The second-order valence-corrected chi connectivity index (χ2v) is 4.85. The van der Waals surface area contributed by atoms with Crippen molar-refractivity contribution < 1.29 is 18.3 Å². The average molecular weight is 296 g/mol. The lowest BCUT2D eigenvalue weighted by Crippen LogP contribution is -2.38. The maximum atomic E-state index is 13.7. The van der Waals surface area contributed by atoms with Crippen molar-refractivity contribution in [3.8, 4) is 0 Å². The molecule has 0 radical (unpaired) electrons. The van der Waals surface area contributed by atoms with Crippen molar-refractivity contribution in [2.45, 2.75) is 32.2 Å². The molecule has 2 rings (SSSR count). The first kappa shape index (κ1) is 15.4. The summed E-state index contributed by atoms with van der Waals surface area (Å²) in [6, 6.07) is 1.18. The fourth-order valence-corrected chi connectivity index (χ4v) is 2.55. The Hall–Kier alpha value is -1.95. The fraction of sp³-hybridized carbons (Fsp3) is 0.400. The number of carbonyl (C=O) groups is 1. The molecule has 114 valence electrons. The Morgan fingerprint density at radius 3 is 2.71 bits per heavy atom. The molecule has 0 bridgehead atoms. The number of benzene rings is 1. The Labute approximate surface area is 121 Å². The predicted octanol–water partition coefficient (Wildman–Crippen LogP) is 2.83. The molecule has 0 aliphatic rings. The van der Waals surface area contributed by atoms with Crippen molar-refractivity contribution in [2.75, 3.05) is 6.61 Å². The van der Waals surface area contributed by atoms with Crippen molar-refractivity contribution in [3.63, 3.8) is 0 Å². The molecule has 0 aliphatic heterocycles. The van der Waals surface area contributed by atoms with Gasteiger partial charge < -0.3 is 15.5 Å². The molecular weight excluding hydrogens is 278 g/mol. The van der Waals surface area contributed by atoms with E-state index in [0.717, 1.165) is 6.07 Å². The second kappa shape index (κ2) is 6.22. The summed E-state index contributed by atoms with van der Waals surface area (Å²) in [5, 5.41) is 0.402. The molecule has 0 amide bonds. The Bertz CT molecular complexity index is 654. The highest BCUT2D eigenvalue weighted by molar-refractivity contribution is 5.86. The topological polar surface area (TPSA) is 68.1 Å². The summed E-state index contributed by atoms with van der Waals surface area (Å²) in [4.78, 5) is 14.6. The van der Waals surface area contributed by atoms with Crippen LogP contribution in [0.15, 0.2) is 18.3 Å². The quantitative estimate of drug-likeness (QED) is 0.834. The van der Waals surface area contributed by atoms with Gasteiger partial charge in [-0.3, -0.25) is 4.79 Å². The summed E-state index contributed by atoms with van der Waals surface area (Å²) < 4.78 is 32.1. The lowest BCUT2D eigenvalue weighted by molar-refractivity contribution is -0.145. The molecule has 0 spiro atoms. The summed E-state index contributed by atoms with van der Waals surface area (Å²) in [5.41, 5.74) is 6.77. The number of H-pyrrole nitrogens is 1. The van der Waals surface area contributed by atoms with Gasteiger partial charge in [0.2, 0.25) is 0 Å². The molecule has 0 saturated heterocycles. The number of rotatable bonds is 5. The molecule has 2 aromatic rings. The molecule has 6 heteroatoms. The summed E-state index contributed by atoms with van der Waals surface area (Å²) in [7, 11) is 0. The third kappa shape index (κ3) is 2.90. The lowest BCUT2D eigenvalue weighted by atomic mass is 9.89. The molecule has 2 atom stereocenters. The molecule has 0 saturated carbocycles. The summed E-state index contributed by atoms with van der Waals surface area (Å²) in [6.07, 6.45) is 2.12. The van der Waals surface area contributed by atoms with E-state index >= 15 is 0 Å². The van der Waals surface area contributed by atoms with Gasteiger partial charge in [0.05, 0.1) is 12.1 Å². The van der Waals surface area contributed by atoms with E-state index in [1.54, 1.807) is 13.1 Å². The first-order valence-corrected chi connectivity index (χ1v) is 6.87. The Morgan fingerprint density at radius 1 is 1.38 bits per heavy atom. The van der Waals surface area contributed by atoms with Crippen molar-refractivity contribution in [2.24, 2.45) is 5.73 Å². The molecule has 0 fully saturated rings. The third-order valence-electron chi connectivity index (χ3n) is 3.57. The zero-order chi connectivity index (χ0) is 15.6. The summed E-state index contributed by atoms with van der Waals surface area (Å²) in [5.74, 6) is -2.23. The predicted molar refractivity (Wildman–Crippen MR) is 75.9 cm³/mol. The minimum Gasteiger partial charge on any atom is -0.465 e. The molecular formula is C15H18F2N2O2. The van der Waals surface area contributed by atoms with Crippen LogP contribution in [-0.4, -0.2) is 23.6 Å². The Kier molecular flexibility index (Phi) is 4.57. The van der Waals surface area contributed by atoms with Gasteiger partial charge in [-0.1, -0.05) is 6.92 Å². The maximum Gasteiger partial charge on any atom is 0.323 e. The van der Waals surface area contributed by atoms with E-state index in [4.69, 9.17) is 10.5 Å². The number of ether oxygens (including phenoxy) is 1. The number of carbonyl (C=O) groups excluding carboxylic acids is 1. The smallest absolute Gasteiger partial charge is 0.323 e. The number of esters is 1. The number of aromatic nitrogens is 1. The van der Waals surface area contributed by atoms with Crippen LogP contribution in [0.25, 0.3) is 10.9 Å². The van der Waals surface area contributed by atoms with E-state index in [-0.39, 0.29) is 18.0 Å². The minimum absolute atomic E-state index is 0.209. The SMILES string of the molecule is CCOC(=O)C(N)C(CC)c1c[nH]c2c(F)cc(F)cc12. The number of halogens is 2. The van der Waals surface area contributed by atoms with Gasteiger partial charge in [-0.15, -0.1) is 0 Å². The number of hydrogen-bond acceptors (Lipinski definition) is 3. The number of nitrogens with two attached hydrogens (primary N) is 1. The zero-order valence-electron chi connectivity index (χ0n) is 12.0. The number of fused-ring (bicyclic) bond motifs is 1. The van der Waals surface area contributed by atoms with Gasteiger partial charge in [0.15, 0.2) is 0 Å². The van der Waals surface area contributed by atoms with Crippen molar-refractivity contribution >= 4 is 16.9 Å². The van der Waals surface area contributed by atoms with Crippen LogP contribution in [0.4, 0.5) is 8.78 Å². The monoisotopic (exact) mass is 296 g/mol. The minimum atomic E-state index is -0.875. The van der Waals surface area contributed by atoms with Crippen LogP contribution < -0.4 is 5.73 Å². The summed E-state index contributed by atoms with van der Waals surface area (Å²) in [6.45, 7) is 3.79. The molecule has 1 aromatic heterocycles. The van der Waals surface area contributed by atoms with Gasteiger partial charge in [-0.2, -0.15) is 0 Å². The number of hydrogen-bond donors (Lipinski definition) is 2. The Morgan fingerprint density at radius 2 is 2.10 bits per heavy atom. The van der Waals surface area contributed by atoms with Crippen LogP contribution in [0.5, 0.6) is 0 Å². The van der Waals surface area contributed by atoms with Crippen molar-refractivity contribution in [1.29, 1.82) is 0 Å². The molecule has 0 aliphatic carbocycles. The normalized spacial score (nSPS) is 14.1. The Balaban J connectivity index is 2.45. The summed E-state index contributed by atoms with van der Waals surface area (Å²) >= 11 is 0. The number of nitrogens with one attached hydrogen (secondary N) is 1. The van der Waals surface area contributed by atoms with E-state index in [2.05, 4.69) is 4.98 Å². The lowest BCUT2D eigenvalue weighted by Gasteiger charge is -2.20. The van der Waals surface area contributed by atoms with Crippen molar-refractivity contribution in [3.05, 3.63) is 35.5 Å². The molecule has 21 heavy (non-hydrogen) atoms. The van der Waals surface area contributed by atoms with Crippen LogP contribution >= 0.6 is 0 Å². The largest absolute Gasteiger partial charge is 0.465 e. The van der Waals surface area contributed by atoms with E-state index in [1.165, 1.54) is 6.07 Å². The van der Waals surface area contributed by atoms with Crippen LogP contribution in [0, 0.1) is 11.6 Å². The molecule has 1 aromatic carbocycles. The van der Waals surface area contributed by atoms with Gasteiger partial charge in [0.1, 0.15) is 17.7 Å². The highest BCUT2D eigenvalue weighted by Gasteiger charge is 2.28. The van der Waals surface area contributed by atoms with Gasteiger partial charge in [-0.05, 0) is 25.0 Å². The van der Waals surface area contributed by atoms with E-state index in [9.17, 15) is 13.6 Å². The highest BCUT2D eigenvalue weighted by Crippen LogP contribution is 2.31. The van der Waals surface area contributed by atoms with Gasteiger partial charge >= 0.3 is 5.97 Å². The van der Waals surface area contributed by atoms with Crippen LogP contribution in [0.1, 0.15) is 31.7 Å². The van der Waals surface area contributed by atoms with E-state index in [0.29, 0.717) is 17.4 Å². The maximum absolute atomic E-state index is 13.7.